The summed E-state index contributed by atoms with van der Waals surface area (Å²) < 4.78 is 74.0. The lowest BCUT2D eigenvalue weighted by atomic mass is 10.1. The number of carbonyl (C=O) groups excluding carboxylic acids is 2. The van der Waals surface area contributed by atoms with E-state index in [4.69, 9.17) is 4.74 Å². The monoisotopic (exact) mass is 577 g/mol. The lowest BCUT2D eigenvalue weighted by Gasteiger charge is -2.27. The summed E-state index contributed by atoms with van der Waals surface area (Å²) >= 11 is 0. The van der Waals surface area contributed by atoms with Crippen LogP contribution < -0.4 is 0 Å². The van der Waals surface area contributed by atoms with Crippen LogP contribution in [0.2, 0.25) is 0 Å². The van der Waals surface area contributed by atoms with E-state index in [-0.39, 0.29) is 33.3 Å². The van der Waals surface area contributed by atoms with Gasteiger partial charge in [-0.05, 0) is 24.5 Å². The molecule has 9 nitrogen and oxygen atoms in total. The Labute approximate surface area is 226 Å². The molecule has 40 heavy (non-hydrogen) atoms. The van der Waals surface area contributed by atoms with Crippen LogP contribution in [0.25, 0.3) is 28.0 Å². The molecule has 0 spiro atoms. The van der Waals surface area contributed by atoms with E-state index in [0.29, 0.717) is 37.4 Å². The molecule has 1 N–H and O–H groups in total. The lowest BCUT2D eigenvalue weighted by molar-refractivity contribution is -0.169. The Morgan fingerprint density at radius 1 is 1.07 bits per heavy atom. The fraction of sp³-hybridized carbons (Fsp3) is 0.231. The maximum atomic E-state index is 14.3. The quantitative estimate of drug-likeness (QED) is 0.276. The molecule has 14 heteroatoms. The highest BCUT2D eigenvalue weighted by molar-refractivity contribution is 7.99. The number of alkyl halides is 3. The summed E-state index contributed by atoms with van der Waals surface area (Å²) in [6.45, 7) is 1.56. The number of thiol groups is 1. The van der Waals surface area contributed by atoms with Gasteiger partial charge in [0, 0.05) is 58.7 Å². The molecule has 0 radical (unpaired) electrons. The second-order valence-corrected chi connectivity index (χ2v) is 11.6. The number of morpholine rings is 1. The van der Waals surface area contributed by atoms with Gasteiger partial charge < -0.3 is 14.2 Å². The third-order valence-electron chi connectivity index (χ3n) is 6.35. The summed E-state index contributed by atoms with van der Waals surface area (Å²) in [6, 6.07) is 10.5. The molecular formula is C26H23F4N5O4S. The van der Waals surface area contributed by atoms with Crippen molar-refractivity contribution < 1.29 is 36.4 Å². The molecule has 2 amide bonds. The van der Waals surface area contributed by atoms with Crippen molar-refractivity contribution in [3.05, 3.63) is 72.4 Å². The first-order valence-corrected chi connectivity index (χ1v) is 14.1. The number of hydrogen-bond acceptors (Lipinski definition) is 5. The molecule has 210 valence electrons. The standard InChI is InChI=1S/C26H23F4N5O4S/c1-40(38,33-24(37)26(28,29)30)22-15-35(25-31-13-17(14-32-25)18-4-2-3-5-20(18)27)21-12-16(6-7-19(21)22)23(36)34-8-10-39-11-9-34/h2-7,12-15,40H,8-11H2,1H3,(H,33,37,38). The van der Waals surface area contributed by atoms with E-state index in [1.54, 1.807) is 23.1 Å². The van der Waals surface area contributed by atoms with Crippen molar-refractivity contribution in [3.63, 3.8) is 0 Å². The van der Waals surface area contributed by atoms with Gasteiger partial charge in [-0.1, -0.05) is 34.4 Å². The first-order valence-electron chi connectivity index (χ1n) is 12.0. The van der Waals surface area contributed by atoms with Gasteiger partial charge in [-0.3, -0.25) is 14.2 Å². The predicted octanol–water partition coefficient (Wildman–Crippen LogP) is 4.32. The van der Waals surface area contributed by atoms with Gasteiger partial charge in [0.05, 0.1) is 18.7 Å². The van der Waals surface area contributed by atoms with Crippen LogP contribution in [-0.4, -0.2) is 74.5 Å². The Bertz CT molecular complexity index is 1660. The normalized spacial score (nSPS) is 14.8. The maximum Gasteiger partial charge on any atom is 0.474 e. The van der Waals surface area contributed by atoms with Crippen LogP contribution in [0.15, 0.2) is 70.3 Å². The highest BCUT2D eigenvalue weighted by Crippen LogP contribution is 2.33. The molecule has 2 aromatic carbocycles. The Kier molecular flexibility index (Phi) is 7.25. The molecule has 0 unspecified atom stereocenters. The molecular weight excluding hydrogens is 554 g/mol. The number of amides is 2. The van der Waals surface area contributed by atoms with E-state index in [2.05, 4.69) is 14.3 Å². The SMILES string of the molecule is C[SH](O)(=NC(=O)C(F)(F)F)c1cn(-c2ncc(-c3ccccc3F)cn2)c2cc(C(=O)N3CCOCC3)ccc12. The van der Waals surface area contributed by atoms with Gasteiger partial charge >= 0.3 is 12.1 Å². The van der Waals surface area contributed by atoms with Crippen LogP contribution in [0.3, 0.4) is 0 Å². The number of ether oxygens (including phenoxy) is 1. The number of carbonyl (C=O) groups is 2. The van der Waals surface area contributed by atoms with Crippen LogP contribution in [0, 0.1) is 5.82 Å². The Balaban J connectivity index is 1.65. The average Bonchev–Trinajstić information content (AvgIpc) is 3.33. The molecule has 5 rings (SSSR count). The number of aromatic nitrogens is 3. The van der Waals surface area contributed by atoms with Crippen molar-refractivity contribution in [3.8, 4) is 17.1 Å². The van der Waals surface area contributed by atoms with Crippen molar-refractivity contribution in [2.45, 2.75) is 11.1 Å². The highest BCUT2D eigenvalue weighted by Gasteiger charge is 2.39. The molecule has 2 aromatic heterocycles. The van der Waals surface area contributed by atoms with Gasteiger partial charge in [0.1, 0.15) is 5.82 Å². The summed E-state index contributed by atoms with van der Waals surface area (Å²) in [5, 5.41) is 0.261. The second kappa shape index (κ2) is 10.5. The van der Waals surface area contributed by atoms with E-state index >= 15 is 0 Å². The highest BCUT2D eigenvalue weighted by atomic mass is 32.3. The van der Waals surface area contributed by atoms with Crippen LogP contribution >= 0.6 is 0 Å². The van der Waals surface area contributed by atoms with Crippen molar-refractivity contribution in [1.29, 1.82) is 0 Å². The van der Waals surface area contributed by atoms with Crippen molar-refractivity contribution in [2.24, 2.45) is 4.36 Å². The summed E-state index contributed by atoms with van der Waals surface area (Å²) in [7, 11) is -4.00. The minimum Gasteiger partial charge on any atom is -0.378 e. The number of nitrogens with zero attached hydrogens (tertiary/aromatic N) is 5. The molecule has 4 aromatic rings. The zero-order valence-corrected chi connectivity index (χ0v) is 21.9. The fourth-order valence-corrected chi connectivity index (χ4v) is 5.92. The van der Waals surface area contributed by atoms with Crippen LogP contribution in [0.5, 0.6) is 0 Å². The molecule has 0 saturated carbocycles. The van der Waals surface area contributed by atoms with Crippen molar-refractivity contribution in [1.82, 2.24) is 19.4 Å². The van der Waals surface area contributed by atoms with E-state index in [1.807, 2.05) is 0 Å². The summed E-state index contributed by atoms with van der Waals surface area (Å²) in [6.07, 6.45) is -0.150. The molecule has 1 fully saturated rings. The van der Waals surface area contributed by atoms with Gasteiger partial charge in [0.25, 0.3) is 5.91 Å². The van der Waals surface area contributed by atoms with E-state index in [9.17, 15) is 31.7 Å². The molecule has 0 atom stereocenters. The van der Waals surface area contributed by atoms with Crippen LogP contribution in [-0.2, 0) is 19.6 Å². The Hall–Kier alpha value is -4.01. The Morgan fingerprint density at radius 3 is 2.40 bits per heavy atom. The fourth-order valence-electron chi connectivity index (χ4n) is 4.36. The predicted molar refractivity (Wildman–Crippen MR) is 140 cm³/mol. The van der Waals surface area contributed by atoms with E-state index in [1.165, 1.54) is 47.4 Å². The van der Waals surface area contributed by atoms with Crippen molar-refractivity contribution in [2.75, 3.05) is 32.6 Å². The molecule has 3 heterocycles. The third kappa shape index (κ3) is 5.37. The van der Waals surface area contributed by atoms with E-state index < -0.39 is 28.0 Å². The number of rotatable bonds is 4. The number of halogens is 4. The third-order valence-corrected chi connectivity index (χ3v) is 8.19. The zero-order chi connectivity index (χ0) is 28.7. The number of hydrogen-bond donors (Lipinski definition) is 2. The summed E-state index contributed by atoms with van der Waals surface area (Å²) in [5.74, 6) is -3.13. The van der Waals surface area contributed by atoms with Gasteiger partial charge in [-0.2, -0.15) is 17.5 Å². The molecule has 1 saturated heterocycles. The van der Waals surface area contributed by atoms with Gasteiger partial charge in [0.2, 0.25) is 5.95 Å². The molecule has 1 aliphatic heterocycles. The number of benzene rings is 2. The van der Waals surface area contributed by atoms with Gasteiger partial charge in [0.15, 0.2) is 0 Å². The topological polar surface area (TPSA) is 110 Å². The van der Waals surface area contributed by atoms with Crippen molar-refractivity contribution >= 4 is 32.8 Å². The minimum absolute atomic E-state index is 0.0350. The summed E-state index contributed by atoms with van der Waals surface area (Å²) in [4.78, 5) is 35.0. The van der Waals surface area contributed by atoms with E-state index in [0.717, 1.165) is 6.26 Å². The molecule has 1 aliphatic rings. The van der Waals surface area contributed by atoms with Crippen LogP contribution in [0.1, 0.15) is 10.4 Å². The van der Waals surface area contributed by atoms with Gasteiger partial charge in [-0.15, -0.1) is 0 Å². The largest absolute Gasteiger partial charge is 0.474 e. The smallest absolute Gasteiger partial charge is 0.378 e. The number of fused-ring (bicyclic) bond motifs is 1. The van der Waals surface area contributed by atoms with Gasteiger partial charge in [-0.25, -0.2) is 14.4 Å². The minimum atomic E-state index is -5.26. The molecule has 0 bridgehead atoms. The lowest BCUT2D eigenvalue weighted by Crippen LogP contribution is -2.40. The first-order chi connectivity index (χ1) is 19.0. The Morgan fingerprint density at radius 2 is 1.75 bits per heavy atom. The first kappa shape index (κ1) is 27.6. The average molecular weight is 578 g/mol. The zero-order valence-electron chi connectivity index (χ0n) is 21.0. The maximum absolute atomic E-state index is 14.3. The van der Waals surface area contributed by atoms with Crippen LogP contribution in [0.4, 0.5) is 17.6 Å². The summed E-state index contributed by atoms with van der Waals surface area (Å²) in [5.41, 5.74) is 1.23. The second-order valence-electron chi connectivity index (χ2n) is 9.09. The molecule has 0 aliphatic carbocycles.